The summed E-state index contributed by atoms with van der Waals surface area (Å²) in [5, 5.41) is 8.30. The number of carbonyl (C=O) groups is 4. The molecule has 0 aromatic heterocycles. The van der Waals surface area contributed by atoms with Crippen molar-refractivity contribution in [2.45, 2.75) is 32.4 Å². The van der Waals surface area contributed by atoms with E-state index in [0.29, 0.717) is 5.56 Å². The van der Waals surface area contributed by atoms with Gasteiger partial charge >= 0.3 is 6.03 Å². The van der Waals surface area contributed by atoms with Crippen LogP contribution in [0.25, 0.3) is 0 Å². The first kappa shape index (κ1) is 24.7. The van der Waals surface area contributed by atoms with Crippen LogP contribution in [0.2, 0.25) is 0 Å². The number of rotatable bonds is 7. The maximum atomic E-state index is 13.1. The van der Waals surface area contributed by atoms with Crippen LogP contribution in [0.1, 0.15) is 46.9 Å². The number of anilines is 1. The molecule has 5 amide bonds. The van der Waals surface area contributed by atoms with Crippen molar-refractivity contribution in [2.75, 3.05) is 11.9 Å². The summed E-state index contributed by atoms with van der Waals surface area (Å²) < 4.78 is 0. The van der Waals surface area contributed by atoms with Gasteiger partial charge in [0.25, 0.3) is 11.8 Å². The summed E-state index contributed by atoms with van der Waals surface area (Å²) in [7, 11) is 0. The second kappa shape index (κ2) is 10.0. The number of nitrogens with one attached hydrogen (secondary N) is 3. The van der Waals surface area contributed by atoms with Gasteiger partial charge in [-0.2, -0.15) is 0 Å². The minimum atomic E-state index is -1.27. The van der Waals surface area contributed by atoms with Crippen LogP contribution >= 0.6 is 0 Å². The average Bonchev–Trinajstić information content (AvgIpc) is 3.08. The molecule has 1 fully saturated rings. The number of hydrogen-bond donors (Lipinski definition) is 3. The molecule has 3 N–H and O–H groups in total. The largest absolute Gasteiger partial charge is 0.345 e. The van der Waals surface area contributed by atoms with Crippen molar-refractivity contribution in [2.24, 2.45) is 0 Å². The summed E-state index contributed by atoms with van der Waals surface area (Å²) in [5.74, 6) is -1.47. The Morgan fingerprint density at radius 2 is 1.58 bits per heavy atom. The molecule has 0 spiro atoms. The van der Waals surface area contributed by atoms with E-state index in [1.54, 1.807) is 43.3 Å². The summed E-state index contributed by atoms with van der Waals surface area (Å²) in [5.41, 5.74) is 1.89. The van der Waals surface area contributed by atoms with E-state index in [-0.39, 0.29) is 23.2 Å². The number of nitrogens with zero attached hydrogens (tertiary/aromatic N) is 1. The summed E-state index contributed by atoms with van der Waals surface area (Å²) in [6.45, 7) is 4.93. The molecule has 2 atom stereocenters. The molecule has 8 nitrogen and oxygen atoms in total. The molecule has 8 heteroatoms. The van der Waals surface area contributed by atoms with Crippen LogP contribution in [0.3, 0.4) is 0 Å². The fourth-order valence-electron chi connectivity index (χ4n) is 4.15. The van der Waals surface area contributed by atoms with E-state index in [9.17, 15) is 19.2 Å². The van der Waals surface area contributed by atoms with E-state index < -0.39 is 29.9 Å². The van der Waals surface area contributed by atoms with Gasteiger partial charge in [0.1, 0.15) is 12.1 Å². The van der Waals surface area contributed by atoms with Crippen molar-refractivity contribution < 1.29 is 19.2 Å². The number of hydrogen-bond acceptors (Lipinski definition) is 4. The zero-order valence-electron chi connectivity index (χ0n) is 20.4. The van der Waals surface area contributed by atoms with Crippen LogP contribution in [0, 0.1) is 6.92 Å². The van der Waals surface area contributed by atoms with Crippen LogP contribution in [0.15, 0.2) is 78.9 Å². The molecule has 1 saturated heterocycles. The number of carbonyl (C=O) groups excluding carboxylic acids is 4. The summed E-state index contributed by atoms with van der Waals surface area (Å²) >= 11 is 0. The lowest BCUT2D eigenvalue weighted by molar-refractivity contribution is -0.133. The molecule has 184 valence electrons. The van der Waals surface area contributed by atoms with Gasteiger partial charge in [0.05, 0.1) is 17.3 Å². The van der Waals surface area contributed by atoms with Crippen molar-refractivity contribution in [3.63, 3.8) is 0 Å². The highest BCUT2D eigenvalue weighted by Gasteiger charge is 2.49. The van der Waals surface area contributed by atoms with Gasteiger partial charge in [-0.25, -0.2) is 4.79 Å². The minimum absolute atomic E-state index is 0.243. The van der Waals surface area contributed by atoms with Crippen LogP contribution < -0.4 is 16.0 Å². The number of imide groups is 1. The molecule has 4 rings (SSSR count). The second-order valence-corrected chi connectivity index (χ2v) is 9.01. The smallest absolute Gasteiger partial charge is 0.325 e. The monoisotopic (exact) mass is 484 g/mol. The number of urea groups is 1. The number of aryl methyl sites for hydroxylation is 1. The van der Waals surface area contributed by atoms with Crippen molar-refractivity contribution >= 4 is 29.4 Å². The van der Waals surface area contributed by atoms with Crippen LogP contribution in [0.5, 0.6) is 0 Å². The predicted octanol–water partition coefficient (Wildman–Crippen LogP) is 3.89. The summed E-state index contributed by atoms with van der Waals surface area (Å²) in [6.07, 6.45) is 0. The molecule has 36 heavy (non-hydrogen) atoms. The van der Waals surface area contributed by atoms with E-state index in [0.717, 1.165) is 16.0 Å². The molecular formula is C28H28N4O4. The Balaban J connectivity index is 1.45. The minimum Gasteiger partial charge on any atom is -0.345 e. The van der Waals surface area contributed by atoms with Crippen LogP contribution in [0.4, 0.5) is 10.5 Å². The van der Waals surface area contributed by atoms with Gasteiger partial charge in [0.2, 0.25) is 5.91 Å². The lowest BCUT2D eigenvalue weighted by Crippen LogP contribution is -2.42. The van der Waals surface area contributed by atoms with Crippen molar-refractivity contribution in [3.05, 3.63) is 101 Å². The Hall–Kier alpha value is -4.46. The Bertz CT molecular complexity index is 1310. The Morgan fingerprint density at radius 3 is 2.28 bits per heavy atom. The third-order valence-corrected chi connectivity index (χ3v) is 6.30. The summed E-state index contributed by atoms with van der Waals surface area (Å²) in [4.78, 5) is 52.4. The first-order valence-corrected chi connectivity index (χ1v) is 11.6. The highest BCUT2D eigenvalue weighted by Crippen LogP contribution is 2.29. The Kier molecular flexibility index (Phi) is 6.87. The van der Waals surface area contributed by atoms with Gasteiger partial charge in [0.15, 0.2) is 0 Å². The SMILES string of the molecule is Cc1ccc(C2(C)NC(=O)N(CC(=O)Nc3ccccc3C(=O)NC(C)c3ccccc3)C2=O)cc1. The van der Waals surface area contributed by atoms with Gasteiger partial charge in [-0.1, -0.05) is 72.3 Å². The topological polar surface area (TPSA) is 108 Å². The highest BCUT2D eigenvalue weighted by molar-refractivity contribution is 6.11. The van der Waals surface area contributed by atoms with Crippen molar-refractivity contribution in [1.29, 1.82) is 0 Å². The molecule has 1 aliphatic rings. The van der Waals surface area contributed by atoms with E-state index in [1.807, 2.05) is 56.3 Å². The zero-order chi connectivity index (χ0) is 25.9. The highest BCUT2D eigenvalue weighted by atomic mass is 16.2. The number of benzene rings is 3. The normalized spacial score (nSPS) is 17.9. The van der Waals surface area contributed by atoms with Gasteiger partial charge < -0.3 is 16.0 Å². The van der Waals surface area contributed by atoms with Crippen molar-refractivity contribution in [3.8, 4) is 0 Å². The summed E-state index contributed by atoms with van der Waals surface area (Å²) in [6, 6.07) is 22.5. The maximum absolute atomic E-state index is 13.1. The first-order valence-electron chi connectivity index (χ1n) is 11.6. The molecule has 0 bridgehead atoms. The van der Waals surface area contributed by atoms with Crippen LogP contribution in [-0.4, -0.2) is 35.2 Å². The molecular weight excluding hydrogens is 456 g/mol. The van der Waals surface area contributed by atoms with Gasteiger partial charge in [-0.3, -0.25) is 19.3 Å². The molecule has 1 heterocycles. The third kappa shape index (κ3) is 4.98. The lowest BCUT2D eigenvalue weighted by Gasteiger charge is -2.22. The molecule has 0 saturated carbocycles. The van der Waals surface area contributed by atoms with E-state index in [1.165, 1.54) is 0 Å². The maximum Gasteiger partial charge on any atom is 0.325 e. The predicted molar refractivity (Wildman–Crippen MR) is 136 cm³/mol. The third-order valence-electron chi connectivity index (χ3n) is 6.30. The standard InChI is InChI=1S/C28H28N4O4/c1-18-13-15-21(16-14-18)28(3)26(35)32(27(36)31-28)17-24(33)30-23-12-8-7-11-22(23)25(34)29-19(2)20-9-5-4-6-10-20/h4-16,19H,17H2,1-3H3,(H,29,34)(H,30,33)(H,31,36). The second-order valence-electron chi connectivity index (χ2n) is 9.01. The first-order chi connectivity index (χ1) is 17.2. The van der Waals surface area contributed by atoms with Crippen LogP contribution in [-0.2, 0) is 15.1 Å². The molecule has 0 aliphatic carbocycles. The molecule has 0 radical (unpaired) electrons. The van der Waals surface area contributed by atoms with Gasteiger partial charge in [-0.15, -0.1) is 0 Å². The van der Waals surface area contributed by atoms with E-state index >= 15 is 0 Å². The molecule has 2 unspecified atom stereocenters. The van der Waals surface area contributed by atoms with Gasteiger partial charge in [-0.05, 0) is 44.0 Å². The van der Waals surface area contributed by atoms with E-state index in [4.69, 9.17) is 0 Å². The lowest BCUT2D eigenvalue weighted by atomic mass is 9.91. The van der Waals surface area contributed by atoms with E-state index in [2.05, 4.69) is 16.0 Å². The average molecular weight is 485 g/mol. The zero-order valence-corrected chi connectivity index (χ0v) is 20.4. The quantitative estimate of drug-likeness (QED) is 0.442. The Morgan fingerprint density at radius 1 is 0.944 bits per heavy atom. The Labute approximate surface area is 209 Å². The number of amides is 5. The van der Waals surface area contributed by atoms with Gasteiger partial charge in [0, 0.05) is 0 Å². The van der Waals surface area contributed by atoms with Crippen molar-refractivity contribution in [1.82, 2.24) is 15.5 Å². The molecule has 1 aliphatic heterocycles. The molecule has 3 aromatic carbocycles. The fraction of sp³-hybridized carbons (Fsp3) is 0.214. The fourth-order valence-corrected chi connectivity index (χ4v) is 4.15. The number of para-hydroxylation sites is 1. The molecule has 3 aromatic rings.